The lowest BCUT2D eigenvalue weighted by atomic mass is 9.95. The molecule has 1 aromatic rings. The summed E-state index contributed by atoms with van der Waals surface area (Å²) >= 11 is 0. The van der Waals surface area contributed by atoms with Gasteiger partial charge in [0.1, 0.15) is 6.54 Å². The molecule has 7 heteroatoms. The van der Waals surface area contributed by atoms with Gasteiger partial charge in [0.2, 0.25) is 5.91 Å². The Morgan fingerprint density at radius 2 is 1.96 bits per heavy atom. The first-order valence-electron chi connectivity index (χ1n) is 7.48. The van der Waals surface area contributed by atoms with Crippen LogP contribution in [-0.4, -0.2) is 42.1 Å². The number of carboxylic acids is 1. The number of carbonyl (C=O) groups is 3. The molecule has 0 radical (unpaired) electrons. The zero-order valence-electron chi connectivity index (χ0n) is 12.9. The van der Waals surface area contributed by atoms with Gasteiger partial charge in [-0.1, -0.05) is 0 Å². The topological polar surface area (TPSA) is 105 Å². The number of hydrogen-bond donors (Lipinski definition) is 3. The third kappa shape index (κ3) is 5.07. The van der Waals surface area contributed by atoms with Crippen molar-refractivity contribution in [2.24, 2.45) is 5.92 Å². The molecule has 1 heterocycles. The van der Waals surface area contributed by atoms with Crippen LogP contribution in [0.4, 0.5) is 5.69 Å². The highest BCUT2D eigenvalue weighted by atomic mass is 16.5. The zero-order valence-corrected chi connectivity index (χ0v) is 12.9. The Bertz CT molecular complexity index is 585. The number of amides is 2. The van der Waals surface area contributed by atoms with Gasteiger partial charge in [0.05, 0.1) is 6.10 Å². The van der Waals surface area contributed by atoms with Crippen molar-refractivity contribution in [1.29, 1.82) is 0 Å². The first-order valence-corrected chi connectivity index (χ1v) is 7.48. The maximum absolute atomic E-state index is 12.2. The fraction of sp³-hybridized carbons (Fsp3) is 0.438. The largest absolute Gasteiger partial charge is 0.480 e. The van der Waals surface area contributed by atoms with E-state index in [0.29, 0.717) is 30.7 Å². The number of nitrogens with one attached hydrogen (secondary N) is 2. The molecule has 1 aromatic carbocycles. The van der Waals surface area contributed by atoms with Crippen molar-refractivity contribution in [2.45, 2.75) is 25.9 Å². The molecule has 2 amide bonds. The fourth-order valence-electron chi connectivity index (χ4n) is 2.44. The molecule has 0 saturated carbocycles. The van der Waals surface area contributed by atoms with Crippen LogP contribution in [0.25, 0.3) is 0 Å². The van der Waals surface area contributed by atoms with E-state index in [4.69, 9.17) is 9.84 Å². The predicted octanol–water partition coefficient (Wildman–Crippen LogP) is 1.25. The fourth-order valence-corrected chi connectivity index (χ4v) is 2.44. The highest BCUT2D eigenvalue weighted by Gasteiger charge is 2.25. The van der Waals surface area contributed by atoms with E-state index < -0.39 is 18.4 Å². The average Bonchev–Trinajstić information content (AvgIpc) is 2.53. The maximum Gasteiger partial charge on any atom is 0.322 e. The minimum absolute atomic E-state index is 0.0526. The lowest BCUT2D eigenvalue weighted by molar-refractivity contribution is -0.135. The Balaban J connectivity index is 1.90. The predicted molar refractivity (Wildman–Crippen MR) is 83.2 cm³/mol. The summed E-state index contributed by atoms with van der Waals surface area (Å²) in [5.41, 5.74) is 0.938. The highest BCUT2D eigenvalue weighted by Crippen LogP contribution is 2.21. The lowest BCUT2D eigenvalue weighted by Gasteiger charge is -2.26. The summed E-state index contributed by atoms with van der Waals surface area (Å²) in [6.45, 7) is 2.10. The molecule has 2 rings (SSSR count). The number of benzene rings is 1. The first kappa shape index (κ1) is 17.0. The number of aliphatic carboxylic acids is 1. The summed E-state index contributed by atoms with van der Waals surface area (Å²) < 4.78 is 5.42. The number of hydrogen-bond acceptors (Lipinski definition) is 4. The van der Waals surface area contributed by atoms with Gasteiger partial charge in [0.15, 0.2) is 0 Å². The second-order valence-electron chi connectivity index (χ2n) is 5.55. The molecule has 2 atom stereocenters. The molecule has 1 fully saturated rings. The molecule has 1 aliphatic heterocycles. The van der Waals surface area contributed by atoms with Crippen LogP contribution in [0.2, 0.25) is 0 Å². The second kappa shape index (κ2) is 7.73. The molecule has 1 saturated heterocycles. The maximum atomic E-state index is 12.2. The van der Waals surface area contributed by atoms with Gasteiger partial charge in [-0.25, -0.2) is 0 Å². The Kier molecular flexibility index (Phi) is 5.70. The van der Waals surface area contributed by atoms with E-state index in [1.54, 1.807) is 24.3 Å². The normalized spacial score (nSPS) is 20.6. The van der Waals surface area contributed by atoms with Crippen LogP contribution in [0.5, 0.6) is 0 Å². The minimum atomic E-state index is -1.10. The summed E-state index contributed by atoms with van der Waals surface area (Å²) in [4.78, 5) is 34.3. The third-order valence-electron chi connectivity index (χ3n) is 3.67. The molecule has 0 aliphatic carbocycles. The van der Waals surface area contributed by atoms with Gasteiger partial charge in [-0.3, -0.25) is 14.4 Å². The number of ether oxygens (including phenoxy) is 1. The zero-order chi connectivity index (χ0) is 16.8. The third-order valence-corrected chi connectivity index (χ3v) is 3.67. The van der Waals surface area contributed by atoms with E-state index >= 15 is 0 Å². The summed E-state index contributed by atoms with van der Waals surface area (Å²) in [6, 6.07) is 6.32. The molecule has 0 spiro atoms. The summed E-state index contributed by atoms with van der Waals surface area (Å²) in [5, 5.41) is 13.6. The average molecular weight is 320 g/mol. The van der Waals surface area contributed by atoms with E-state index in [2.05, 4.69) is 10.6 Å². The van der Waals surface area contributed by atoms with Crippen LogP contribution in [0, 0.1) is 5.92 Å². The van der Waals surface area contributed by atoms with Crippen LogP contribution in [0.15, 0.2) is 24.3 Å². The van der Waals surface area contributed by atoms with Crippen molar-refractivity contribution in [3.63, 3.8) is 0 Å². The van der Waals surface area contributed by atoms with Crippen molar-refractivity contribution >= 4 is 23.5 Å². The number of anilines is 1. The van der Waals surface area contributed by atoms with E-state index in [1.165, 1.54) is 0 Å². The van der Waals surface area contributed by atoms with Crippen molar-refractivity contribution in [1.82, 2.24) is 5.32 Å². The highest BCUT2D eigenvalue weighted by molar-refractivity contribution is 5.97. The van der Waals surface area contributed by atoms with E-state index in [1.807, 2.05) is 6.92 Å². The molecular formula is C16H20N2O5. The van der Waals surface area contributed by atoms with Gasteiger partial charge < -0.3 is 20.5 Å². The van der Waals surface area contributed by atoms with Crippen LogP contribution < -0.4 is 10.6 Å². The first-order chi connectivity index (χ1) is 11.0. The standard InChI is InChI=1S/C16H20N2O5/c1-10-8-12(6-7-23-10)16(22)18-13-4-2-11(3-5-13)15(21)17-9-14(19)20/h2-5,10,12H,6-9H2,1H3,(H,17,21)(H,18,22)(H,19,20). The van der Waals surface area contributed by atoms with Crippen molar-refractivity contribution in [3.05, 3.63) is 29.8 Å². The smallest absolute Gasteiger partial charge is 0.322 e. The monoisotopic (exact) mass is 320 g/mol. The van der Waals surface area contributed by atoms with Gasteiger partial charge in [0, 0.05) is 23.8 Å². The van der Waals surface area contributed by atoms with Gasteiger partial charge in [-0.05, 0) is 44.0 Å². The second-order valence-corrected chi connectivity index (χ2v) is 5.55. The molecule has 23 heavy (non-hydrogen) atoms. The van der Waals surface area contributed by atoms with E-state index in [9.17, 15) is 14.4 Å². The minimum Gasteiger partial charge on any atom is -0.480 e. The SMILES string of the molecule is CC1CC(C(=O)Nc2ccc(C(=O)NCC(=O)O)cc2)CCO1. The van der Waals surface area contributed by atoms with Crippen molar-refractivity contribution < 1.29 is 24.2 Å². The van der Waals surface area contributed by atoms with Gasteiger partial charge in [0.25, 0.3) is 5.91 Å². The van der Waals surface area contributed by atoms with Crippen LogP contribution in [0.1, 0.15) is 30.1 Å². The summed E-state index contributed by atoms with van der Waals surface area (Å²) in [6.07, 6.45) is 1.48. The Morgan fingerprint density at radius 1 is 1.26 bits per heavy atom. The van der Waals surface area contributed by atoms with Crippen molar-refractivity contribution in [2.75, 3.05) is 18.5 Å². The van der Waals surface area contributed by atoms with Gasteiger partial charge in [-0.2, -0.15) is 0 Å². The summed E-state index contributed by atoms with van der Waals surface area (Å²) in [7, 11) is 0. The van der Waals surface area contributed by atoms with Crippen LogP contribution >= 0.6 is 0 Å². The van der Waals surface area contributed by atoms with Crippen LogP contribution in [0.3, 0.4) is 0 Å². The van der Waals surface area contributed by atoms with Gasteiger partial charge in [-0.15, -0.1) is 0 Å². The molecular weight excluding hydrogens is 300 g/mol. The van der Waals surface area contributed by atoms with Crippen LogP contribution in [-0.2, 0) is 14.3 Å². The molecule has 3 N–H and O–H groups in total. The summed E-state index contributed by atoms with van der Waals surface area (Å²) in [5.74, 6) is -1.70. The lowest BCUT2D eigenvalue weighted by Crippen LogP contribution is -2.32. The number of carbonyl (C=O) groups excluding carboxylic acids is 2. The van der Waals surface area contributed by atoms with Gasteiger partial charge >= 0.3 is 5.97 Å². The Hall–Kier alpha value is -2.41. The molecule has 0 aromatic heterocycles. The molecule has 0 bridgehead atoms. The Labute approximate surface area is 134 Å². The number of carboxylic acid groups (broad SMARTS) is 1. The molecule has 7 nitrogen and oxygen atoms in total. The van der Waals surface area contributed by atoms with Crippen molar-refractivity contribution in [3.8, 4) is 0 Å². The van der Waals surface area contributed by atoms with E-state index in [-0.39, 0.29) is 17.9 Å². The molecule has 1 aliphatic rings. The number of rotatable bonds is 5. The molecule has 124 valence electrons. The Morgan fingerprint density at radius 3 is 2.57 bits per heavy atom. The van der Waals surface area contributed by atoms with E-state index in [0.717, 1.165) is 0 Å². The quantitative estimate of drug-likeness (QED) is 0.757. The molecule has 2 unspecified atom stereocenters.